The molecule has 104 valence electrons. The van der Waals surface area contributed by atoms with Gasteiger partial charge in [0.15, 0.2) is 5.82 Å². The summed E-state index contributed by atoms with van der Waals surface area (Å²) in [6.45, 7) is 1.70. The summed E-state index contributed by atoms with van der Waals surface area (Å²) < 4.78 is 4.90. The monoisotopic (exact) mass is 275 g/mol. The first kappa shape index (κ1) is 13.7. The quantitative estimate of drug-likeness (QED) is 0.859. The van der Waals surface area contributed by atoms with Gasteiger partial charge in [0.1, 0.15) is 0 Å². The molecule has 7 nitrogen and oxygen atoms in total. The Balaban J connectivity index is 1.91. The minimum atomic E-state index is -1.04. The number of benzene rings is 1. The van der Waals surface area contributed by atoms with Gasteiger partial charge in [-0.15, -0.1) is 0 Å². The van der Waals surface area contributed by atoms with E-state index >= 15 is 0 Å². The number of hydrogen-bond donors (Lipinski definition) is 2. The zero-order valence-electron chi connectivity index (χ0n) is 10.8. The van der Waals surface area contributed by atoms with Gasteiger partial charge < -0.3 is 14.9 Å². The first-order valence-corrected chi connectivity index (χ1v) is 5.97. The van der Waals surface area contributed by atoms with Gasteiger partial charge in [-0.3, -0.25) is 4.79 Å². The van der Waals surface area contributed by atoms with Crippen LogP contribution in [0.1, 0.15) is 28.5 Å². The van der Waals surface area contributed by atoms with Crippen molar-refractivity contribution in [1.29, 1.82) is 0 Å². The van der Waals surface area contributed by atoms with Crippen molar-refractivity contribution in [3.8, 4) is 0 Å². The number of aromatic carboxylic acids is 1. The molecule has 0 unspecified atom stereocenters. The number of aromatic nitrogens is 2. The van der Waals surface area contributed by atoms with E-state index in [-0.39, 0.29) is 17.9 Å². The SMILES string of the molecule is Cc1noc(CCC(=O)Nc2cccc(C(=O)O)c2)n1. The molecule has 1 aromatic carbocycles. The third kappa shape index (κ3) is 3.64. The molecule has 0 saturated carbocycles. The molecule has 2 N–H and O–H groups in total. The number of rotatable bonds is 5. The summed E-state index contributed by atoms with van der Waals surface area (Å²) in [4.78, 5) is 26.5. The van der Waals surface area contributed by atoms with Gasteiger partial charge in [0.05, 0.1) is 5.56 Å². The fourth-order valence-electron chi connectivity index (χ4n) is 1.62. The second-order valence-electron chi connectivity index (χ2n) is 4.17. The van der Waals surface area contributed by atoms with Crippen molar-refractivity contribution < 1.29 is 19.2 Å². The van der Waals surface area contributed by atoms with Crippen molar-refractivity contribution in [2.45, 2.75) is 19.8 Å². The van der Waals surface area contributed by atoms with E-state index < -0.39 is 5.97 Å². The number of aryl methyl sites for hydroxylation is 2. The van der Waals surface area contributed by atoms with E-state index in [2.05, 4.69) is 15.5 Å². The van der Waals surface area contributed by atoms with Crippen molar-refractivity contribution in [2.24, 2.45) is 0 Å². The van der Waals surface area contributed by atoms with Gasteiger partial charge in [-0.05, 0) is 25.1 Å². The predicted molar refractivity (Wildman–Crippen MR) is 69.4 cm³/mol. The highest BCUT2D eigenvalue weighted by Gasteiger charge is 2.09. The van der Waals surface area contributed by atoms with Gasteiger partial charge in [0, 0.05) is 18.5 Å². The lowest BCUT2D eigenvalue weighted by Gasteiger charge is -2.04. The maximum Gasteiger partial charge on any atom is 0.335 e. The maximum atomic E-state index is 11.7. The molecule has 0 atom stereocenters. The molecule has 0 aliphatic rings. The smallest absolute Gasteiger partial charge is 0.335 e. The Morgan fingerprint density at radius 1 is 1.40 bits per heavy atom. The van der Waals surface area contributed by atoms with E-state index in [1.165, 1.54) is 12.1 Å². The van der Waals surface area contributed by atoms with E-state index in [9.17, 15) is 9.59 Å². The first-order chi connectivity index (χ1) is 9.54. The number of carboxylic acids is 1. The molecular formula is C13H13N3O4. The van der Waals surface area contributed by atoms with Crippen LogP contribution in [-0.2, 0) is 11.2 Å². The molecule has 1 amide bonds. The highest BCUT2D eigenvalue weighted by atomic mass is 16.5. The van der Waals surface area contributed by atoms with Gasteiger partial charge in [0.2, 0.25) is 11.8 Å². The molecular weight excluding hydrogens is 262 g/mol. The fraction of sp³-hybridized carbons (Fsp3) is 0.231. The van der Waals surface area contributed by atoms with Crippen LogP contribution in [0.4, 0.5) is 5.69 Å². The highest BCUT2D eigenvalue weighted by molar-refractivity contribution is 5.93. The normalized spacial score (nSPS) is 10.2. The Labute approximate surface area is 114 Å². The largest absolute Gasteiger partial charge is 0.478 e. The molecule has 1 aromatic heterocycles. The number of hydrogen-bond acceptors (Lipinski definition) is 5. The van der Waals surface area contributed by atoms with Gasteiger partial charge in [-0.25, -0.2) is 4.79 Å². The van der Waals surface area contributed by atoms with Gasteiger partial charge >= 0.3 is 5.97 Å². The Kier molecular flexibility index (Phi) is 4.09. The van der Waals surface area contributed by atoms with E-state index in [4.69, 9.17) is 9.63 Å². The van der Waals surface area contributed by atoms with Gasteiger partial charge in [-0.1, -0.05) is 11.2 Å². The van der Waals surface area contributed by atoms with Crippen LogP contribution in [0.3, 0.4) is 0 Å². The van der Waals surface area contributed by atoms with Crippen molar-refractivity contribution >= 4 is 17.6 Å². The summed E-state index contributed by atoms with van der Waals surface area (Å²) in [6, 6.07) is 6.05. The van der Waals surface area contributed by atoms with Crippen molar-refractivity contribution in [1.82, 2.24) is 10.1 Å². The standard InChI is InChI=1S/C13H13N3O4/c1-8-14-12(20-16-8)6-5-11(17)15-10-4-2-3-9(7-10)13(18)19/h2-4,7H,5-6H2,1H3,(H,15,17)(H,18,19). The summed E-state index contributed by atoms with van der Waals surface area (Å²) >= 11 is 0. The molecule has 7 heteroatoms. The van der Waals surface area contributed by atoms with E-state index in [0.717, 1.165) is 0 Å². The minimum Gasteiger partial charge on any atom is -0.478 e. The van der Waals surface area contributed by atoms with Crippen LogP contribution in [-0.4, -0.2) is 27.1 Å². The lowest BCUT2D eigenvalue weighted by atomic mass is 10.2. The van der Waals surface area contributed by atoms with E-state index in [1.54, 1.807) is 19.1 Å². The molecule has 0 aliphatic heterocycles. The predicted octanol–water partition coefficient (Wildman–Crippen LogP) is 1.65. The summed E-state index contributed by atoms with van der Waals surface area (Å²) in [5, 5.41) is 15.1. The number of carbonyl (C=O) groups is 2. The van der Waals surface area contributed by atoms with Gasteiger partial charge in [-0.2, -0.15) is 4.98 Å². The summed E-state index contributed by atoms with van der Waals surface area (Å²) in [6.07, 6.45) is 0.518. The summed E-state index contributed by atoms with van der Waals surface area (Å²) in [7, 11) is 0. The zero-order valence-corrected chi connectivity index (χ0v) is 10.8. The Morgan fingerprint density at radius 2 is 2.20 bits per heavy atom. The third-order valence-corrected chi connectivity index (χ3v) is 2.53. The minimum absolute atomic E-state index is 0.121. The molecule has 1 heterocycles. The average molecular weight is 275 g/mol. The molecule has 0 aliphatic carbocycles. The molecule has 2 aromatic rings. The Bertz CT molecular complexity index is 636. The highest BCUT2D eigenvalue weighted by Crippen LogP contribution is 2.11. The summed E-state index contributed by atoms with van der Waals surface area (Å²) in [5.41, 5.74) is 0.562. The van der Waals surface area contributed by atoms with Crippen molar-refractivity contribution in [3.63, 3.8) is 0 Å². The topological polar surface area (TPSA) is 105 Å². The second-order valence-corrected chi connectivity index (χ2v) is 4.17. The lowest BCUT2D eigenvalue weighted by molar-refractivity contribution is -0.116. The molecule has 20 heavy (non-hydrogen) atoms. The van der Waals surface area contributed by atoms with Crippen LogP contribution in [0.2, 0.25) is 0 Å². The average Bonchev–Trinajstić information content (AvgIpc) is 2.82. The maximum absolute atomic E-state index is 11.7. The molecule has 0 saturated heterocycles. The number of carboxylic acid groups (broad SMARTS) is 1. The van der Waals surface area contributed by atoms with Crippen LogP contribution in [0.25, 0.3) is 0 Å². The van der Waals surface area contributed by atoms with Crippen LogP contribution in [0.5, 0.6) is 0 Å². The number of nitrogens with zero attached hydrogens (tertiary/aromatic N) is 2. The molecule has 0 bridgehead atoms. The van der Waals surface area contributed by atoms with Crippen LogP contribution >= 0.6 is 0 Å². The number of anilines is 1. The third-order valence-electron chi connectivity index (χ3n) is 2.53. The molecule has 0 fully saturated rings. The Hall–Kier alpha value is -2.70. The fourth-order valence-corrected chi connectivity index (χ4v) is 1.62. The van der Waals surface area contributed by atoms with Crippen LogP contribution < -0.4 is 5.32 Å². The van der Waals surface area contributed by atoms with Crippen LogP contribution in [0, 0.1) is 6.92 Å². The number of amides is 1. The number of nitrogens with one attached hydrogen (secondary N) is 1. The molecule has 0 radical (unpaired) electrons. The molecule has 0 spiro atoms. The Morgan fingerprint density at radius 3 is 2.85 bits per heavy atom. The lowest BCUT2D eigenvalue weighted by Crippen LogP contribution is -2.13. The summed E-state index contributed by atoms with van der Waals surface area (Å²) in [5.74, 6) is -0.364. The molecule has 2 rings (SSSR count). The van der Waals surface area contributed by atoms with Crippen LogP contribution in [0.15, 0.2) is 28.8 Å². The van der Waals surface area contributed by atoms with Crippen molar-refractivity contribution in [3.05, 3.63) is 41.5 Å². The van der Waals surface area contributed by atoms with Crippen molar-refractivity contribution in [2.75, 3.05) is 5.32 Å². The second kappa shape index (κ2) is 5.96. The van der Waals surface area contributed by atoms with E-state index in [0.29, 0.717) is 23.8 Å². The first-order valence-electron chi connectivity index (χ1n) is 5.97. The van der Waals surface area contributed by atoms with Gasteiger partial charge in [0.25, 0.3) is 0 Å². The number of carbonyl (C=O) groups excluding carboxylic acids is 1. The zero-order chi connectivity index (χ0) is 14.5. The van der Waals surface area contributed by atoms with E-state index in [1.807, 2.05) is 0 Å².